The molecule has 16 heteroatoms. The lowest BCUT2D eigenvalue weighted by Crippen LogP contribution is -2.73. The number of phenolic OH excluding ortho intramolecular Hbond substituents is 2. The second kappa shape index (κ2) is 11.6. The molecule has 1 saturated heterocycles. The molecule has 1 aliphatic heterocycles. The first-order valence-electron chi connectivity index (χ1n) is 14.9. The Balaban J connectivity index is 1.52. The van der Waals surface area contributed by atoms with E-state index in [9.17, 15) is 44.4 Å². The number of carbonyl (C=O) groups is 5. The molecule has 1 fully saturated rings. The molecule has 258 valence electrons. The van der Waals surface area contributed by atoms with Crippen LogP contribution in [0.2, 0.25) is 0 Å². The fraction of sp³-hybridized carbons (Fsp3) is 0.394. The highest BCUT2D eigenvalue weighted by molar-refractivity contribution is 6.31. The molecule has 0 spiro atoms. The fourth-order valence-electron chi connectivity index (χ4n) is 7.39. The molecule has 2 aromatic carbocycles. The molecule has 0 radical (unpaired) electrons. The number of aryl methyl sites for hydroxylation is 1. The number of allylic oxidation sites excluding steroid dienone is 2. The molecule has 4 aliphatic rings. The van der Waals surface area contributed by atoms with Gasteiger partial charge in [-0.05, 0) is 24.1 Å². The van der Waals surface area contributed by atoms with Gasteiger partial charge in [0.15, 0.2) is 23.2 Å². The van der Waals surface area contributed by atoms with Crippen molar-refractivity contribution in [3.63, 3.8) is 0 Å². The van der Waals surface area contributed by atoms with Crippen LogP contribution in [0.1, 0.15) is 68.5 Å². The number of aliphatic hydroxyl groups is 2. The number of rotatable bonds is 6. The van der Waals surface area contributed by atoms with Crippen LogP contribution < -0.4 is 5.32 Å². The molecule has 0 aromatic heterocycles. The molecule has 6 rings (SSSR count). The van der Waals surface area contributed by atoms with Crippen LogP contribution >= 0.6 is 0 Å². The van der Waals surface area contributed by atoms with Crippen LogP contribution in [0.3, 0.4) is 0 Å². The van der Waals surface area contributed by atoms with Gasteiger partial charge in [0.2, 0.25) is 17.3 Å². The van der Waals surface area contributed by atoms with Crippen LogP contribution in [0.4, 0.5) is 0 Å². The van der Waals surface area contributed by atoms with Crippen molar-refractivity contribution in [2.75, 3.05) is 35.0 Å². The number of aromatic hydroxyl groups is 2. The van der Waals surface area contributed by atoms with E-state index < -0.39 is 116 Å². The number of fused-ring (bicyclic) bond motifs is 5. The summed E-state index contributed by atoms with van der Waals surface area (Å²) >= 11 is 0. The van der Waals surface area contributed by atoms with Gasteiger partial charge in [-0.15, -0.1) is 0 Å². The number of hydrogen-bond donors (Lipinski definition) is 6. The van der Waals surface area contributed by atoms with Crippen molar-refractivity contribution in [1.29, 1.82) is 5.41 Å². The Bertz CT molecular complexity index is 1930. The number of carbonyl (C=O) groups excluding carboxylic acids is 5. The standard InChI is InChI=1S/C33H32N2O14/c1-11-6-12-7-18(37)33(48-5)29(42)21-14(28(41)32(33,44)22(12)26(40)19(11)31(43)47-4)8-13-20(25(21)39)16(36)9-15(24(13)38)35-30-27(46-3)23(34)17(45-2)10-49-30/h6,8-9,17-18,27,30,34-35,37,39-40,44H,7,10H2,1-5H3/t17-,18+,27+,30-,32-,33+/m0/s1. The molecular formula is C33H32N2O14. The Morgan fingerprint density at radius 1 is 1.00 bits per heavy atom. The molecular weight excluding hydrogens is 648 g/mol. The number of hydrogen-bond acceptors (Lipinski definition) is 16. The first-order chi connectivity index (χ1) is 23.2. The summed E-state index contributed by atoms with van der Waals surface area (Å²) in [6.45, 7) is 1.36. The number of nitrogens with one attached hydrogen (secondary N) is 2. The highest BCUT2D eigenvalue weighted by Gasteiger charge is 2.72. The number of aliphatic hydroxyl groups excluding tert-OH is 1. The Labute approximate surface area is 277 Å². The summed E-state index contributed by atoms with van der Waals surface area (Å²) in [5, 5.41) is 57.7. The SMILES string of the molecule is COC(=O)c1c(C)cc2c(c1O)[C@]1(O)C(=O)c3cc4c(c(O)c3C(=O)[C@]1(OC)[C@H](O)C2)C(=O)C=C(N[C@H]1OC[C@H](OC)C(=N)[C@H]1OC)C4=O. The van der Waals surface area contributed by atoms with Gasteiger partial charge in [0.1, 0.15) is 29.3 Å². The topological polar surface area (TPSA) is 248 Å². The van der Waals surface area contributed by atoms with Crippen molar-refractivity contribution in [3.05, 3.63) is 68.4 Å². The molecule has 0 amide bonds. The average molecular weight is 681 g/mol. The van der Waals surface area contributed by atoms with E-state index in [0.29, 0.717) is 0 Å². The fourth-order valence-corrected chi connectivity index (χ4v) is 7.39. The van der Waals surface area contributed by atoms with Crippen LogP contribution in [0, 0.1) is 12.3 Å². The molecule has 6 atom stereocenters. The van der Waals surface area contributed by atoms with Crippen molar-refractivity contribution in [2.24, 2.45) is 0 Å². The summed E-state index contributed by atoms with van der Waals surface area (Å²) in [4.78, 5) is 68.9. The number of Topliss-reactive ketones (excluding diaryl/α,β-unsaturated/α-hetero) is 3. The quantitative estimate of drug-likeness (QED) is 0.220. The van der Waals surface area contributed by atoms with Gasteiger partial charge < -0.3 is 54.8 Å². The largest absolute Gasteiger partial charge is 0.507 e. The van der Waals surface area contributed by atoms with Crippen molar-refractivity contribution in [1.82, 2.24) is 5.32 Å². The monoisotopic (exact) mass is 680 g/mol. The predicted molar refractivity (Wildman–Crippen MR) is 163 cm³/mol. The summed E-state index contributed by atoms with van der Waals surface area (Å²) in [7, 11) is 4.65. The van der Waals surface area contributed by atoms with E-state index >= 15 is 0 Å². The van der Waals surface area contributed by atoms with Crippen molar-refractivity contribution >= 4 is 34.8 Å². The van der Waals surface area contributed by atoms with Gasteiger partial charge in [0, 0.05) is 50.5 Å². The maximum absolute atomic E-state index is 14.6. The maximum atomic E-state index is 14.6. The van der Waals surface area contributed by atoms with Crippen molar-refractivity contribution in [2.45, 2.75) is 49.1 Å². The van der Waals surface area contributed by atoms with E-state index in [4.69, 9.17) is 29.1 Å². The van der Waals surface area contributed by atoms with Crippen LogP contribution in [0.15, 0.2) is 23.9 Å². The lowest BCUT2D eigenvalue weighted by Gasteiger charge is -2.52. The smallest absolute Gasteiger partial charge is 0.341 e. The minimum Gasteiger partial charge on any atom is -0.507 e. The first kappa shape index (κ1) is 34.0. The number of methoxy groups -OCH3 is 4. The molecule has 1 heterocycles. The lowest BCUT2D eigenvalue weighted by atomic mass is 9.56. The number of ether oxygens (including phenoxy) is 5. The average Bonchev–Trinajstić information content (AvgIpc) is 3.05. The van der Waals surface area contributed by atoms with Crippen molar-refractivity contribution in [3.8, 4) is 11.5 Å². The molecule has 2 aromatic rings. The third-order valence-electron chi connectivity index (χ3n) is 9.71. The summed E-state index contributed by atoms with van der Waals surface area (Å²) in [5.74, 6) is -7.63. The van der Waals surface area contributed by atoms with Crippen LogP contribution in [0.25, 0.3) is 0 Å². The molecule has 3 aliphatic carbocycles. The summed E-state index contributed by atoms with van der Waals surface area (Å²) in [6, 6.07) is 2.18. The molecule has 16 nitrogen and oxygen atoms in total. The zero-order valence-electron chi connectivity index (χ0n) is 26.8. The van der Waals surface area contributed by atoms with Gasteiger partial charge in [0.05, 0.1) is 42.4 Å². The second-order valence-electron chi connectivity index (χ2n) is 12.0. The van der Waals surface area contributed by atoms with Gasteiger partial charge in [-0.3, -0.25) is 19.2 Å². The maximum Gasteiger partial charge on any atom is 0.341 e. The molecule has 49 heavy (non-hydrogen) atoms. The Kier molecular flexibility index (Phi) is 8.09. The lowest BCUT2D eigenvalue weighted by molar-refractivity contribution is -0.181. The minimum absolute atomic E-state index is 0.000701. The number of benzene rings is 2. The minimum atomic E-state index is -3.22. The van der Waals surface area contributed by atoms with E-state index in [-0.39, 0.29) is 29.1 Å². The summed E-state index contributed by atoms with van der Waals surface area (Å²) in [5.41, 5.74) is -10.1. The number of esters is 1. The normalized spacial score (nSPS) is 29.0. The Morgan fingerprint density at radius 2 is 1.69 bits per heavy atom. The highest BCUT2D eigenvalue weighted by atomic mass is 16.6. The zero-order valence-corrected chi connectivity index (χ0v) is 26.8. The van der Waals surface area contributed by atoms with E-state index in [1.807, 2.05) is 0 Å². The van der Waals surface area contributed by atoms with Gasteiger partial charge in [-0.2, -0.15) is 0 Å². The molecule has 6 N–H and O–H groups in total. The van der Waals surface area contributed by atoms with Gasteiger partial charge in [-0.1, -0.05) is 6.07 Å². The Morgan fingerprint density at radius 3 is 2.31 bits per heavy atom. The van der Waals surface area contributed by atoms with E-state index in [2.05, 4.69) is 5.32 Å². The molecule has 0 unspecified atom stereocenters. The van der Waals surface area contributed by atoms with Gasteiger partial charge >= 0.3 is 5.97 Å². The summed E-state index contributed by atoms with van der Waals surface area (Å²) in [6.07, 6.45) is -4.47. The first-order valence-corrected chi connectivity index (χ1v) is 14.9. The third kappa shape index (κ3) is 4.32. The summed E-state index contributed by atoms with van der Waals surface area (Å²) < 4.78 is 26.5. The van der Waals surface area contributed by atoms with Crippen LogP contribution in [0.5, 0.6) is 11.5 Å². The zero-order chi connectivity index (χ0) is 35.9. The highest BCUT2D eigenvalue weighted by Crippen LogP contribution is 2.56. The van der Waals surface area contributed by atoms with Gasteiger partial charge in [-0.25, -0.2) is 4.79 Å². The molecule has 0 saturated carbocycles. The van der Waals surface area contributed by atoms with E-state index in [1.165, 1.54) is 27.2 Å². The van der Waals surface area contributed by atoms with E-state index in [1.54, 1.807) is 0 Å². The van der Waals surface area contributed by atoms with Gasteiger partial charge in [0.25, 0.3) is 0 Å². The Hall–Kier alpha value is -4.84. The second-order valence-corrected chi connectivity index (χ2v) is 12.0. The third-order valence-corrected chi connectivity index (χ3v) is 9.71. The van der Waals surface area contributed by atoms with E-state index in [0.717, 1.165) is 26.4 Å². The number of ketones is 4. The molecule has 0 bridgehead atoms. The van der Waals surface area contributed by atoms with Crippen LogP contribution in [-0.2, 0) is 35.7 Å². The van der Waals surface area contributed by atoms with Crippen molar-refractivity contribution < 1.29 is 68.1 Å². The van der Waals surface area contributed by atoms with Crippen LogP contribution in [-0.4, -0.2) is 120 Å². The predicted octanol–water partition coefficient (Wildman–Crippen LogP) is 0.0204. The number of phenols is 2.